The van der Waals surface area contributed by atoms with Crippen LogP contribution in [-0.2, 0) is 17.6 Å². The summed E-state index contributed by atoms with van der Waals surface area (Å²) in [5, 5.41) is 0. The normalized spacial score (nSPS) is 10.4. The van der Waals surface area contributed by atoms with E-state index >= 15 is 0 Å². The first-order chi connectivity index (χ1) is 7.72. The molecule has 1 rings (SSSR count). The molecule has 0 radical (unpaired) electrons. The molecule has 1 aromatic rings. The van der Waals surface area contributed by atoms with Crippen LogP contribution in [0.5, 0.6) is 0 Å². The number of ketones is 1. The molecule has 0 unspecified atom stereocenters. The van der Waals surface area contributed by atoms with E-state index in [1.54, 1.807) is 6.92 Å². The Bertz CT molecular complexity index is 311. The van der Waals surface area contributed by atoms with Crippen molar-refractivity contribution in [3.63, 3.8) is 0 Å². The van der Waals surface area contributed by atoms with Crippen molar-refractivity contribution in [2.45, 2.75) is 52.4 Å². The summed E-state index contributed by atoms with van der Waals surface area (Å²) >= 11 is 0. The molecule has 0 heterocycles. The molecule has 0 atom stereocenters. The van der Waals surface area contributed by atoms with E-state index in [9.17, 15) is 4.79 Å². The minimum Gasteiger partial charge on any atom is -0.300 e. The van der Waals surface area contributed by atoms with Crippen molar-refractivity contribution in [1.82, 2.24) is 0 Å². The molecule has 0 saturated carbocycles. The van der Waals surface area contributed by atoms with Gasteiger partial charge in [0.05, 0.1) is 0 Å². The molecule has 0 aliphatic carbocycles. The zero-order valence-electron chi connectivity index (χ0n) is 10.5. The molecular formula is C15H22O. The lowest BCUT2D eigenvalue weighted by atomic mass is 10.0. The molecule has 1 aromatic carbocycles. The third-order valence-electron chi connectivity index (χ3n) is 2.86. The van der Waals surface area contributed by atoms with Gasteiger partial charge in [0.25, 0.3) is 0 Å². The molecule has 0 spiro atoms. The SMILES string of the molecule is CCCCCc1ccc(CCC(C)=O)cc1. The molecule has 0 aromatic heterocycles. The van der Waals surface area contributed by atoms with E-state index in [0.717, 1.165) is 6.42 Å². The molecule has 16 heavy (non-hydrogen) atoms. The van der Waals surface area contributed by atoms with Gasteiger partial charge < -0.3 is 4.79 Å². The van der Waals surface area contributed by atoms with Gasteiger partial charge in [0, 0.05) is 6.42 Å². The van der Waals surface area contributed by atoms with Gasteiger partial charge in [0.15, 0.2) is 0 Å². The second kappa shape index (κ2) is 7.21. The summed E-state index contributed by atoms with van der Waals surface area (Å²) < 4.78 is 0. The average molecular weight is 218 g/mol. The maximum absolute atomic E-state index is 10.9. The van der Waals surface area contributed by atoms with Crippen molar-refractivity contribution in [1.29, 1.82) is 0 Å². The first-order valence-electron chi connectivity index (χ1n) is 6.29. The number of hydrogen-bond acceptors (Lipinski definition) is 1. The first kappa shape index (κ1) is 13.0. The number of carbonyl (C=O) groups excluding carboxylic acids is 1. The highest BCUT2D eigenvalue weighted by atomic mass is 16.1. The Labute approximate surface area is 98.9 Å². The van der Waals surface area contributed by atoms with Crippen LogP contribution in [0.1, 0.15) is 50.7 Å². The van der Waals surface area contributed by atoms with Crippen LogP contribution in [0.15, 0.2) is 24.3 Å². The minimum atomic E-state index is 0.270. The summed E-state index contributed by atoms with van der Waals surface area (Å²) in [4.78, 5) is 10.9. The van der Waals surface area contributed by atoms with Crippen molar-refractivity contribution in [3.8, 4) is 0 Å². The topological polar surface area (TPSA) is 17.1 Å². The Morgan fingerprint density at radius 2 is 1.56 bits per heavy atom. The van der Waals surface area contributed by atoms with E-state index in [4.69, 9.17) is 0 Å². The molecule has 0 fully saturated rings. The Morgan fingerprint density at radius 1 is 1.00 bits per heavy atom. The van der Waals surface area contributed by atoms with Gasteiger partial charge in [-0.1, -0.05) is 44.0 Å². The van der Waals surface area contributed by atoms with E-state index in [2.05, 4.69) is 31.2 Å². The van der Waals surface area contributed by atoms with Gasteiger partial charge in [-0.05, 0) is 37.3 Å². The maximum atomic E-state index is 10.9. The van der Waals surface area contributed by atoms with Gasteiger partial charge >= 0.3 is 0 Å². The molecule has 1 nitrogen and oxygen atoms in total. The quantitative estimate of drug-likeness (QED) is 0.633. The smallest absolute Gasteiger partial charge is 0.130 e. The molecule has 0 amide bonds. The lowest BCUT2D eigenvalue weighted by Gasteiger charge is -2.03. The number of hydrogen-bond donors (Lipinski definition) is 0. The van der Waals surface area contributed by atoms with Crippen molar-refractivity contribution in [2.75, 3.05) is 0 Å². The lowest BCUT2D eigenvalue weighted by Crippen LogP contribution is -1.94. The summed E-state index contributed by atoms with van der Waals surface area (Å²) in [6.45, 7) is 3.88. The van der Waals surface area contributed by atoms with E-state index in [1.165, 1.54) is 36.8 Å². The lowest BCUT2D eigenvalue weighted by molar-refractivity contribution is -0.116. The standard InChI is InChI=1S/C15H22O/c1-3-4-5-6-14-9-11-15(12-10-14)8-7-13(2)16/h9-12H,3-8H2,1-2H3. The second-order valence-corrected chi connectivity index (χ2v) is 4.48. The number of unbranched alkanes of at least 4 members (excludes halogenated alkanes) is 2. The predicted octanol–water partition coefficient (Wildman–Crippen LogP) is 3.94. The van der Waals surface area contributed by atoms with Crippen molar-refractivity contribution >= 4 is 5.78 Å². The van der Waals surface area contributed by atoms with Crippen LogP contribution in [0, 0.1) is 0 Å². The van der Waals surface area contributed by atoms with Gasteiger partial charge in [-0.25, -0.2) is 0 Å². The number of Topliss-reactive ketones (excluding diaryl/α,β-unsaturated/α-hetero) is 1. The monoisotopic (exact) mass is 218 g/mol. The van der Waals surface area contributed by atoms with Gasteiger partial charge in [-0.3, -0.25) is 0 Å². The van der Waals surface area contributed by atoms with E-state index in [1.807, 2.05) is 0 Å². The second-order valence-electron chi connectivity index (χ2n) is 4.48. The molecule has 0 aliphatic rings. The van der Waals surface area contributed by atoms with Gasteiger partial charge in [-0.2, -0.15) is 0 Å². The Morgan fingerprint density at radius 3 is 2.06 bits per heavy atom. The first-order valence-corrected chi connectivity index (χ1v) is 6.29. The summed E-state index contributed by atoms with van der Waals surface area (Å²) in [7, 11) is 0. The molecule has 0 N–H and O–H groups in total. The van der Waals surface area contributed by atoms with Gasteiger partial charge in [0.2, 0.25) is 0 Å². The fourth-order valence-corrected chi connectivity index (χ4v) is 1.77. The summed E-state index contributed by atoms with van der Waals surface area (Å²) in [6.07, 6.45) is 6.59. The van der Waals surface area contributed by atoms with E-state index < -0.39 is 0 Å². The summed E-state index contributed by atoms with van der Waals surface area (Å²) in [5.41, 5.74) is 2.69. The highest BCUT2D eigenvalue weighted by molar-refractivity contribution is 5.75. The van der Waals surface area contributed by atoms with Crippen LogP contribution < -0.4 is 0 Å². The summed E-state index contributed by atoms with van der Waals surface area (Å²) in [6, 6.07) is 8.71. The molecular weight excluding hydrogens is 196 g/mol. The third-order valence-corrected chi connectivity index (χ3v) is 2.86. The largest absolute Gasteiger partial charge is 0.300 e. The zero-order chi connectivity index (χ0) is 11.8. The summed E-state index contributed by atoms with van der Waals surface area (Å²) in [5.74, 6) is 0.270. The van der Waals surface area contributed by atoms with Crippen LogP contribution in [0.25, 0.3) is 0 Å². The average Bonchev–Trinajstić information content (AvgIpc) is 2.28. The van der Waals surface area contributed by atoms with Crippen molar-refractivity contribution in [3.05, 3.63) is 35.4 Å². The van der Waals surface area contributed by atoms with Crippen LogP contribution >= 0.6 is 0 Å². The Hall–Kier alpha value is -1.11. The van der Waals surface area contributed by atoms with Crippen LogP contribution in [-0.4, -0.2) is 5.78 Å². The zero-order valence-corrected chi connectivity index (χ0v) is 10.5. The van der Waals surface area contributed by atoms with Crippen LogP contribution in [0.2, 0.25) is 0 Å². The van der Waals surface area contributed by atoms with Crippen LogP contribution in [0.3, 0.4) is 0 Å². The number of aryl methyl sites for hydroxylation is 2. The fraction of sp³-hybridized carbons (Fsp3) is 0.533. The molecule has 88 valence electrons. The Balaban J connectivity index is 2.38. The van der Waals surface area contributed by atoms with Gasteiger partial charge in [0.1, 0.15) is 5.78 Å². The minimum absolute atomic E-state index is 0.270. The molecule has 1 heteroatoms. The predicted molar refractivity (Wildman–Crippen MR) is 68.7 cm³/mol. The van der Waals surface area contributed by atoms with Crippen molar-refractivity contribution < 1.29 is 4.79 Å². The van der Waals surface area contributed by atoms with Gasteiger partial charge in [-0.15, -0.1) is 0 Å². The molecule has 0 bridgehead atoms. The number of rotatable bonds is 7. The van der Waals surface area contributed by atoms with E-state index in [0.29, 0.717) is 6.42 Å². The third kappa shape index (κ3) is 5.11. The number of benzene rings is 1. The Kier molecular flexibility index (Phi) is 5.84. The fourth-order valence-electron chi connectivity index (χ4n) is 1.77. The molecule has 0 saturated heterocycles. The highest BCUT2D eigenvalue weighted by Crippen LogP contribution is 2.10. The molecule has 0 aliphatic heterocycles. The van der Waals surface area contributed by atoms with Crippen LogP contribution in [0.4, 0.5) is 0 Å². The highest BCUT2D eigenvalue weighted by Gasteiger charge is 1.97. The number of carbonyl (C=O) groups is 1. The maximum Gasteiger partial charge on any atom is 0.130 e. The van der Waals surface area contributed by atoms with Crippen molar-refractivity contribution in [2.24, 2.45) is 0 Å². The van der Waals surface area contributed by atoms with E-state index in [-0.39, 0.29) is 5.78 Å².